The van der Waals surface area contributed by atoms with Crippen LogP contribution in [0, 0.1) is 16.7 Å². The molecule has 22 heavy (non-hydrogen) atoms. The lowest BCUT2D eigenvalue weighted by atomic mass is 9.84. The molecule has 5 heteroatoms. The van der Waals surface area contributed by atoms with E-state index in [9.17, 15) is 9.59 Å². The minimum Gasteiger partial charge on any atom is -0.343 e. The van der Waals surface area contributed by atoms with Gasteiger partial charge < -0.3 is 10.2 Å². The van der Waals surface area contributed by atoms with Crippen molar-refractivity contribution < 1.29 is 9.59 Å². The number of carbonyl (C=O) groups is 2. The molecule has 118 valence electrons. The summed E-state index contributed by atoms with van der Waals surface area (Å²) in [7, 11) is 0. The summed E-state index contributed by atoms with van der Waals surface area (Å²) in [5, 5.41) is 11.3. The summed E-state index contributed by atoms with van der Waals surface area (Å²) in [5.74, 6) is -0.367. The Balaban J connectivity index is 0.00000116. The maximum absolute atomic E-state index is 11.8. The van der Waals surface area contributed by atoms with Crippen molar-refractivity contribution in [1.29, 1.82) is 5.26 Å². The number of likely N-dealkylation sites (tertiary alicyclic amines) is 1. The van der Waals surface area contributed by atoms with Crippen molar-refractivity contribution in [3.8, 4) is 6.07 Å². The van der Waals surface area contributed by atoms with E-state index in [-0.39, 0.29) is 23.8 Å². The molecule has 1 N–H and O–H groups in total. The number of rotatable bonds is 3. The van der Waals surface area contributed by atoms with E-state index < -0.39 is 0 Å². The Labute approximate surface area is 131 Å². The third-order valence-electron chi connectivity index (χ3n) is 3.27. The molecule has 1 aliphatic heterocycles. The van der Waals surface area contributed by atoms with E-state index in [4.69, 9.17) is 5.26 Å². The van der Waals surface area contributed by atoms with E-state index in [1.54, 1.807) is 29.2 Å². The molecule has 1 aliphatic rings. The maximum atomic E-state index is 11.8. The molecular formula is C17H23N3O2. The molecule has 0 spiro atoms. The van der Waals surface area contributed by atoms with Crippen LogP contribution in [-0.4, -0.2) is 36.3 Å². The van der Waals surface area contributed by atoms with Crippen molar-refractivity contribution in [2.45, 2.75) is 27.7 Å². The molecule has 1 fully saturated rings. The highest BCUT2D eigenvalue weighted by Gasteiger charge is 2.36. The molecule has 2 amide bonds. The fourth-order valence-corrected chi connectivity index (χ4v) is 2.23. The van der Waals surface area contributed by atoms with Gasteiger partial charge >= 0.3 is 0 Å². The van der Waals surface area contributed by atoms with E-state index in [2.05, 4.69) is 19.2 Å². The quantitative estimate of drug-likeness (QED) is 0.930. The Bertz CT molecular complexity index is 563. The van der Waals surface area contributed by atoms with E-state index in [1.807, 2.05) is 19.9 Å². The van der Waals surface area contributed by atoms with Crippen molar-refractivity contribution in [3.63, 3.8) is 0 Å². The van der Waals surface area contributed by atoms with Crippen LogP contribution in [0.3, 0.4) is 0 Å². The summed E-state index contributed by atoms with van der Waals surface area (Å²) in [5.41, 5.74) is 1.13. The number of nitrogens with zero attached hydrogens (tertiary/aromatic N) is 2. The predicted molar refractivity (Wildman–Crippen MR) is 85.2 cm³/mol. The standard InChI is InChI=1S/C15H17N3O2.C2H6/c1-15(2)9-18(10-15)13(19)8-17-14(20)12-5-3-11(7-16)4-6-12;1-2/h3-6H,8-10H2,1-2H3,(H,17,20);1-2H3. The summed E-state index contributed by atoms with van der Waals surface area (Å²) in [6.07, 6.45) is 0. The topological polar surface area (TPSA) is 73.2 Å². The monoisotopic (exact) mass is 301 g/mol. The summed E-state index contributed by atoms with van der Waals surface area (Å²) in [6, 6.07) is 8.29. The van der Waals surface area contributed by atoms with Gasteiger partial charge in [-0.2, -0.15) is 5.26 Å². The average Bonchev–Trinajstić information content (AvgIpc) is 2.52. The molecule has 0 aliphatic carbocycles. The van der Waals surface area contributed by atoms with Crippen LogP contribution in [-0.2, 0) is 4.79 Å². The van der Waals surface area contributed by atoms with Crippen molar-refractivity contribution in [1.82, 2.24) is 10.2 Å². The number of amides is 2. The lowest BCUT2D eigenvalue weighted by Crippen LogP contribution is -2.57. The van der Waals surface area contributed by atoms with Gasteiger partial charge in [-0.25, -0.2) is 0 Å². The van der Waals surface area contributed by atoms with Gasteiger partial charge in [-0.15, -0.1) is 0 Å². The lowest BCUT2D eigenvalue weighted by Gasteiger charge is -2.45. The average molecular weight is 301 g/mol. The first-order chi connectivity index (χ1) is 10.4. The Morgan fingerprint density at radius 2 is 1.77 bits per heavy atom. The van der Waals surface area contributed by atoms with Crippen LogP contribution in [0.4, 0.5) is 0 Å². The fourth-order valence-electron chi connectivity index (χ4n) is 2.23. The molecule has 0 atom stereocenters. The Morgan fingerprint density at radius 3 is 2.23 bits per heavy atom. The summed E-state index contributed by atoms with van der Waals surface area (Å²) in [6.45, 7) is 9.68. The van der Waals surface area contributed by atoms with Gasteiger partial charge in [0.2, 0.25) is 5.91 Å². The first-order valence-corrected chi connectivity index (χ1v) is 7.47. The number of carbonyl (C=O) groups excluding carboxylic acids is 2. The first-order valence-electron chi connectivity index (χ1n) is 7.47. The van der Waals surface area contributed by atoms with Gasteiger partial charge in [0, 0.05) is 18.7 Å². The normalized spacial score (nSPS) is 14.8. The third-order valence-corrected chi connectivity index (χ3v) is 3.27. The predicted octanol–water partition coefficient (Wildman–Crippen LogP) is 2.18. The Kier molecular flexibility index (Phi) is 6.11. The maximum Gasteiger partial charge on any atom is 0.251 e. The summed E-state index contributed by atoms with van der Waals surface area (Å²) in [4.78, 5) is 25.4. The SMILES string of the molecule is CC.CC1(C)CN(C(=O)CNC(=O)c2ccc(C#N)cc2)C1. The van der Waals surface area contributed by atoms with Crippen LogP contribution in [0.2, 0.25) is 0 Å². The smallest absolute Gasteiger partial charge is 0.251 e. The van der Waals surface area contributed by atoms with Gasteiger partial charge in [-0.1, -0.05) is 27.7 Å². The third kappa shape index (κ3) is 4.59. The van der Waals surface area contributed by atoms with E-state index in [0.29, 0.717) is 11.1 Å². The second-order valence-electron chi connectivity index (χ2n) is 5.79. The van der Waals surface area contributed by atoms with Crippen molar-refractivity contribution in [3.05, 3.63) is 35.4 Å². The molecule has 0 unspecified atom stereocenters. The molecule has 1 aromatic carbocycles. The number of hydrogen-bond acceptors (Lipinski definition) is 3. The number of benzene rings is 1. The van der Waals surface area contributed by atoms with Gasteiger partial charge in [0.1, 0.15) is 0 Å². The molecule has 0 aromatic heterocycles. The van der Waals surface area contributed by atoms with Gasteiger partial charge in [0.25, 0.3) is 5.91 Å². The van der Waals surface area contributed by atoms with Gasteiger partial charge in [0.05, 0.1) is 18.2 Å². The lowest BCUT2D eigenvalue weighted by molar-refractivity contribution is -0.140. The molecule has 0 bridgehead atoms. The van der Waals surface area contributed by atoms with Crippen LogP contribution in [0.25, 0.3) is 0 Å². The summed E-state index contributed by atoms with van der Waals surface area (Å²) >= 11 is 0. The largest absolute Gasteiger partial charge is 0.343 e. The molecule has 0 radical (unpaired) electrons. The Hall–Kier alpha value is -2.35. The van der Waals surface area contributed by atoms with E-state index in [0.717, 1.165) is 13.1 Å². The highest BCUT2D eigenvalue weighted by atomic mass is 16.2. The van der Waals surface area contributed by atoms with Crippen LogP contribution in [0.15, 0.2) is 24.3 Å². The number of nitrogens with one attached hydrogen (secondary N) is 1. The molecule has 5 nitrogen and oxygen atoms in total. The highest BCUT2D eigenvalue weighted by Crippen LogP contribution is 2.28. The Morgan fingerprint density at radius 1 is 1.23 bits per heavy atom. The zero-order valence-corrected chi connectivity index (χ0v) is 13.6. The minimum atomic E-state index is -0.303. The van der Waals surface area contributed by atoms with Crippen LogP contribution < -0.4 is 5.32 Å². The van der Waals surface area contributed by atoms with Gasteiger partial charge in [-0.3, -0.25) is 9.59 Å². The van der Waals surface area contributed by atoms with Crippen LogP contribution in [0.5, 0.6) is 0 Å². The zero-order valence-electron chi connectivity index (χ0n) is 13.6. The van der Waals surface area contributed by atoms with Crippen LogP contribution >= 0.6 is 0 Å². The van der Waals surface area contributed by atoms with Crippen molar-refractivity contribution in [2.75, 3.05) is 19.6 Å². The van der Waals surface area contributed by atoms with Gasteiger partial charge in [-0.05, 0) is 29.7 Å². The first kappa shape index (κ1) is 17.7. The number of nitriles is 1. The highest BCUT2D eigenvalue weighted by molar-refractivity contribution is 5.96. The second kappa shape index (κ2) is 7.60. The van der Waals surface area contributed by atoms with Gasteiger partial charge in [0.15, 0.2) is 0 Å². The molecule has 1 heterocycles. The summed E-state index contributed by atoms with van der Waals surface area (Å²) < 4.78 is 0. The molecule has 1 saturated heterocycles. The molecular weight excluding hydrogens is 278 g/mol. The molecule has 2 rings (SSSR count). The van der Waals surface area contributed by atoms with Crippen molar-refractivity contribution in [2.24, 2.45) is 5.41 Å². The van der Waals surface area contributed by atoms with Crippen molar-refractivity contribution >= 4 is 11.8 Å². The van der Waals surface area contributed by atoms with E-state index >= 15 is 0 Å². The fraction of sp³-hybridized carbons (Fsp3) is 0.471. The minimum absolute atomic E-state index is 0.00884. The van der Waals surface area contributed by atoms with E-state index in [1.165, 1.54) is 0 Å². The zero-order chi connectivity index (χ0) is 16.8. The molecule has 1 aromatic rings. The molecule has 0 saturated carbocycles. The van der Waals surface area contributed by atoms with Crippen LogP contribution in [0.1, 0.15) is 43.6 Å². The second-order valence-corrected chi connectivity index (χ2v) is 5.79. The number of hydrogen-bond donors (Lipinski definition) is 1.